The van der Waals surface area contributed by atoms with E-state index in [-0.39, 0.29) is 5.56 Å². The van der Waals surface area contributed by atoms with Gasteiger partial charge in [0.2, 0.25) is 0 Å². The van der Waals surface area contributed by atoms with Crippen molar-refractivity contribution in [2.45, 2.75) is 0 Å². The van der Waals surface area contributed by atoms with Crippen molar-refractivity contribution in [3.8, 4) is 11.5 Å². The smallest absolute Gasteiger partial charge is 0.409 e. The zero-order valence-corrected chi connectivity index (χ0v) is 13.3. The Morgan fingerprint density at radius 2 is 1.85 bits per heavy atom. The van der Waals surface area contributed by atoms with Gasteiger partial charge >= 0.3 is 6.09 Å². The largest absolute Gasteiger partial charge is 0.465 e. The van der Waals surface area contributed by atoms with E-state index in [1.807, 2.05) is 18.2 Å². The minimum absolute atomic E-state index is 0.357. The molecule has 4 aromatic rings. The first-order chi connectivity index (χ1) is 12.6. The van der Waals surface area contributed by atoms with E-state index in [2.05, 4.69) is 20.3 Å². The lowest BCUT2D eigenvalue weighted by atomic mass is 10.1. The molecule has 2 heterocycles. The fourth-order valence-corrected chi connectivity index (χ4v) is 2.71. The number of amides is 1. The summed E-state index contributed by atoms with van der Waals surface area (Å²) < 4.78 is 5.99. The van der Waals surface area contributed by atoms with Crippen LogP contribution in [0.1, 0.15) is 0 Å². The van der Waals surface area contributed by atoms with Gasteiger partial charge in [-0.25, -0.2) is 14.8 Å². The molecule has 128 valence electrons. The van der Waals surface area contributed by atoms with Gasteiger partial charge in [0.05, 0.1) is 11.9 Å². The summed E-state index contributed by atoms with van der Waals surface area (Å²) in [7, 11) is 0. The molecule has 0 bridgehead atoms. The number of fused-ring (bicyclic) bond motifs is 2. The van der Waals surface area contributed by atoms with Crippen molar-refractivity contribution < 1.29 is 14.6 Å². The molecular formula is C18H12N4O4. The molecule has 26 heavy (non-hydrogen) atoms. The SMILES string of the molecule is O=C(O)Nc1ccc(Oc2ccnc3ncc(=O)[nH]c23)c2ccccc12. The van der Waals surface area contributed by atoms with Crippen LogP contribution in [-0.4, -0.2) is 26.2 Å². The monoisotopic (exact) mass is 348 g/mol. The number of hydrogen-bond donors (Lipinski definition) is 3. The number of nitrogens with zero attached hydrogens (tertiary/aromatic N) is 2. The zero-order valence-electron chi connectivity index (χ0n) is 13.3. The first-order valence-electron chi connectivity index (χ1n) is 7.65. The van der Waals surface area contributed by atoms with Crippen LogP contribution in [0.15, 0.2) is 59.7 Å². The van der Waals surface area contributed by atoms with Crippen LogP contribution in [0.3, 0.4) is 0 Å². The number of nitrogens with one attached hydrogen (secondary N) is 2. The summed E-state index contributed by atoms with van der Waals surface area (Å²) in [6.07, 6.45) is 1.54. The van der Waals surface area contributed by atoms with Crippen LogP contribution in [0.4, 0.5) is 10.5 Å². The summed E-state index contributed by atoms with van der Waals surface area (Å²) in [5, 5.41) is 12.8. The lowest BCUT2D eigenvalue weighted by Gasteiger charge is -2.13. The van der Waals surface area contributed by atoms with Crippen molar-refractivity contribution in [2.24, 2.45) is 0 Å². The first kappa shape index (κ1) is 15.6. The minimum Gasteiger partial charge on any atom is -0.465 e. The standard InChI is InChI=1S/C18H12N4O4/c23-15-9-20-17-16(22-15)14(7-8-19-17)26-13-6-5-12(21-18(24)25)10-3-1-2-4-11(10)13/h1-9,21H,(H,22,23)(H,24,25). The van der Waals surface area contributed by atoms with Gasteiger partial charge in [-0.2, -0.15) is 0 Å². The molecule has 0 aliphatic rings. The molecule has 0 radical (unpaired) electrons. The quantitative estimate of drug-likeness (QED) is 0.523. The van der Waals surface area contributed by atoms with Gasteiger partial charge in [0.15, 0.2) is 11.4 Å². The molecule has 0 saturated heterocycles. The van der Waals surface area contributed by atoms with Crippen molar-refractivity contribution >= 4 is 33.7 Å². The maximum Gasteiger partial charge on any atom is 0.409 e. The Morgan fingerprint density at radius 1 is 1.04 bits per heavy atom. The molecule has 0 aliphatic carbocycles. The number of anilines is 1. The van der Waals surface area contributed by atoms with Crippen molar-refractivity contribution in [1.29, 1.82) is 0 Å². The number of rotatable bonds is 3. The number of aromatic nitrogens is 3. The highest BCUT2D eigenvalue weighted by atomic mass is 16.5. The molecule has 2 aromatic heterocycles. The maximum absolute atomic E-state index is 11.6. The van der Waals surface area contributed by atoms with Crippen LogP contribution in [-0.2, 0) is 0 Å². The van der Waals surface area contributed by atoms with Crippen molar-refractivity contribution in [3.05, 3.63) is 65.2 Å². The number of ether oxygens (including phenoxy) is 1. The number of aromatic amines is 1. The van der Waals surface area contributed by atoms with Gasteiger partial charge in [-0.15, -0.1) is 0 Å². The Morgan fingerprint density at radius 3 is 2.65 bits per heavy atom. The van der Waals surface area contributed by atoms with Gasteiger partial charge in [0.25, 0.3) is 5.56 Å². The number of carboxylic acid groups (broad SMARTS) is 1. The van der Waals surface area contributed by atoms with Gasteiger partial charge < -0.3 is 14.8 Å². The summed E-state index contributed by atoms with van der Waals surface area (Å²) in [5.74, 6) is 0.901. The van der Waals surface area contributed by atoms with E-state index in [0.29, 0.717) is 33.7 Å². The van der Waals surface area contributed by atoms with Crippen LogP contribution in [0.5, 0.6) is 11.5 Å². The molecule has 0 saturated carbocycles. The molecule has 2 aromatic carbocycles. The Hall–Kier alpha value is -3.94. The van der Waals surface area contributed by atoms with E-state index < -0.39 is 6.09 Å². The molecule has 3 N–H and O–H groups in total. The second-order valence-corrected chi connectivity index (χ2v) is 5.44. The molecule has 0 spiro atoms. The molecule has 0 fully saturated rings. The van der Waals surface area contributed by atoms with Gasteiger partial charge in [0, 0.05) is 23.0 Å². The Labute approximate surface area is 146 Å². The van der Waals surface area contributed by atoms with Crippen LogP contribution in [0.2, 0.25) is 0 Å². The summed E-state index contributed by atoms with van der Waals surface area (Å²) in [4.78, 5) is 33.3. The maximum atomic E-state index is 11.6. The molecule has 0 aliphatic heterocycles. The van der Waals surface area contributed by atoms with E-state index in [4.69, 9.17) is 9.84 Å². The fraction of sp³-hybridized carbons (Fsp3) is 0. The van der Waals surface area contributed by atoms with E-state index in [0.717, 1.165) is 11.6 Å². The molecule has 1 amide bonds. The van der Waals surface area contributed by atoms with Gasteiger partial charge in [-0.05, 0) is 12.1 Å². The zero-order chi connectivity index (χ0) is 18.1. The Kier molecular flexibility index (Phi) is 3.70. The number of carbonyl (C=O) groups is 1. The number of H-pyrrole nitrogens is 1. The van der Waals surface area contributed by atoms with Crippen LogP contribution >= 0.6 is 0 Å². The van der Waals surface area contributed by atoms with Crippen molar-refractivity contribution in [2.75, 3.05) is 5.32 Å². The summed E-state index contributed by atoms with van der Waals surface area (Å²) >= 11 is 0. The van der Waals surface area contributed by atoms with Gasteiger partial charge in [0.1, 0.15) is 11.3 Å². The minimum atomic E-state index is -1.15. The lowest BCUT2D eigenvalue weighted by Crippen LogP contribution is -2.08. The molecule has 8 nitrogen and oxygen atoms in total. The normalized spacial score (nSPS) is 10.8. The predicted octanol–water partition coefficient (Wildman–Crippen LogP) is 3.35. The lowest BCUT2D eigenvalue weighted by molar-refractivity contribution is 0.210. The highest BCUT2D eigenvalue weighted by Crippen LogP contribution is 2.35. The molecular weight excluding hydrogens is 336 g/mol. The van der Waals surface area contributed by atoms with Crippen LogP contribution < -0.4 is 15.6 Å². The Balaban J connectivity index is 1.85. The highest BCUT2D eigenvalue weighted by Gasteiger charge is 2.12. The fourth-order valence-electron chi connectivity index (χ4n) is 2.71. The number of hydrogen-bond acceptors (Lipinski definition) is 5. The number of pyridine rings is 1. The highest BCUT2D eigenvalue weighted by molar-refractivity contribution is 6.02. The molecule has 8 heteroatoms. The third kappa shape index (κ3) is 2.80. The van der Waals surface area contributed by atoms with E-state index in [9.17, 15) is 9.59 Å². The van der Waals surface area contributed by atoms with E-state index in [1.54, 1.807) is 24.3 Å². The average Bonchev–Trinajstić information content (AvgIpc) is 2.64. The summed E-state index contributed by atoms with van der Waals surface area (Å²) in [6.45, 7) is 0. The second-order valence-electron chi connectivity index (χ2n) is 5.44. The summed E-state index contributed by atoms with van der Waals surface area (Å²) in [6, 6.07) is 12.2. The van der Waals surface area contributed by atoms with Crippen molar-refractivity contribution in [1.82, 2.24) is 15.0 Å². The van der Waals surface area contributed by atoms with E-state index >= 15 is 0 Å². The molecule has 0 unspecified atom stereocenters. The average molecular weight is 348 g/mol. The molecule has 4 rings (SSSR count). The van der Waals surface area contributed by atoms with E-state index in [1.165, 1.54) is 6.20 Å². The van der Waals surface area contributed by atoms with Gasteiger partial charge in [-0.1, -0.05) is 24.3 Å². The third-order valence-electron chi connectivity index (χ3n) is 3.79. The third-order valence-corrected chi connectivity index (χ3v) is 3.79. The van der Waals surface area contributed by atoms with Gasteiger partial charge in [-0.3, -0.25) is 10.1 Å². The Bertz CT molecular complexity index is 1200. The second kappa shape index (κ2) is 6.17. The topological polar surface area (TPSA) is 117 Å². The van der Waals surface area contributed by atoms with Crippen LogP contribution in [0.25, 0.3) is 21.9 Å². The molecule has 0 atom stereocenters. The summed E-state index contributed by atoms with van der Waals surface area (Å²) in [5.41, 5.74) is 0.837. The first-order valence-corrected chi connectivity index (χ1v) is 7.65. The van der Waals surface area contributed by atoms with Crippen LogP contribution in [0, 0.1) is 0 Å². The predicted molar refractivity (Wildman–Crippen MR) is 95.8 cm³/mol. The van der Waals surface area contributed by atoms with Crippen molar-refractivity contribution in [3.63, 3.8) is 0 Å². The number of benzene rings is 2.